The highest BCUT2D eigenvalue weighted by Gasteiger charge is 2.22. The van der Waals surface area contributed by atoms with E-state index in [1.165, 1.54) is 6.39 Å². The average molecular weight is 315 g/mol. The van der Waals surface area contributed by atoms with Crippen LogP contribution in [-0.2, 0) is 17.8 Å². The van der Waals surface area contributed by atoms with Gasteiger partial charge >= 0.3 is 0 Å². The molecular weight excluding hydrogens is 294 g/mol. The van der Waals surface area contributed by atoms with Gasteiger partial charge in [-0.15, -0.1) is 0 Å². The Kier molecular flexibility index (Phi) is 4.62. The molecular formula is C17H21N3O3. The number of rotatable bonds is 4. The Morgan fingerprint density at radius 2 is 2.09 bits per heavy atom. The van der Waals surface area contributed by atoms with Gasteiger partial charge in [-0.25, -0.2) is 4.98 Å². The summed E-state index contributed by atoms with van der Waals surface area (Å²) in [7, 11) is 0. The topological polar surface area (TPSA) is 69.8 Å². The van der Waals surface area contributed by atoms with E-state index in [0.717, 1.165) is 36.7 Å². The van der Waals surface area contributed by atoms with Crippen LogP contribution in [0.2, 0.25) is 0 Å². The maximum Gasteiger partial charge on any atom is 0.227 e. The number of oxazole rings is 1. The van der Waals surface area contributed by atoms with Crippen molar-refractivity contribution in [3.05, 3.63) is 47.7 Å². The molecule has 6 nitrogen and oxygen atoms in total. The van der Waals surface area contributed by atoms with E-state index in [4.69, 9.17) is 4.42 Å². The molecule has 1 fully saturated rings. The predicted octanol–water partition coefficient (Wildman–Crippen LogP) is 1.58. The number of piperazine rings is 1. The Morgan fingerprint density at radius 3 is 2.74 bits per heavy atom. The number of aromatic hydroxyl groups is 1. The molecule has 0 aliphatic carbocycles. The average Bonchev–Trinajstić information content (AvgIpc) is 2.93. The minimum atomic E-state index is 0.105. The number of phenolic OH excluding ortho intramolecular Hbond substituents is 1. The molecule has 1 aliphatic rings. The zero-order valence-corrected chi connectivity index (χ0v) is 13.2. The Hall–Kier alpha value is -2.34. The molecule has 1 aromatic carbocycles. The molecule has 1 saturated heterocycles. The van der Waals surface area contributed by atoms with E-state index < -0.39 is 0 Å². The zero-order valence-electron chi connectivity index (χ0n) is 13.2. The van der Waals surface area contributed by atoms with Gasteiger partial charge in [0.05, 0.1) is 12.1 Å². The fraction of sp³-hybridized carbons (Fsp3) is 0.412. The van der Waals surface area contributed by atoms with Crippen molar-refractivity contribution in [2.75, 3.05) is 26.2 Å². The first-order chi connectivity index (χ1) is 11.1. The van der Waals surface area contributed by atoms with Crippen LogP contribution in [0.4, 0.5) is 0 Å². The summed E-state index contributed by atoms with van der Waals surface area (Å²) in [4.78, 5) is 20.7. The van der Waals surface area contributed by atoms with Crippen molar-refractivity contribution in [2.24, 2.45) is 0 Å². The molecule has 0 saturated carbocycles. The van der Waals surface area contributed by atoms with Gasteiger partial charge in [-0.2, -0.15) is 0 Å². The lowest BCUT2D eigenvalue weighted by molar-refractivity contribution is -0.132. The van der Waals surface area contributed by atoms with Gasteiger partial charge in [0.2, 0.25) is 5.91 Å². The van der Waals surface area contributed by atoms with Crippen LogP contribution in [0.5, 0.6) is 5.75 Å². The maximum atomic E-state index is 12.4. The van der Waals surface area contributed by atoms with Crippen LogP contribution in [0, 0.1) is 6.92 Å². The van der Waals surface area contributed by atoms with Crippen molar-refractivity contribution in [3.63, 3.8) is 0 Å². The van der Waals surface area contributed by atoms with Crippen LogP contribution in [0.25, 0.3) is 0 Å². The first-order valence-electron chi connectivity index (χ1n) is 7.79. The van der Waals surface area contributed by atoms with E-state index in [1.54, 1.807) is 18.2 Å². The molecule has 6 heteroatoms. The predicted molar refractivity (Wildman–Crippen MR) is 84.9 cm³/mol. The standard InChI is InChI=1S/C17H21N3O3/c1-13-16(18-12-23-13)11-19-5-7-20(8-6-19)17(22)10-14-3-2-4-15(21)9-14/h2-4,9,12,21H,5-8,10-11H2,1H3. The SMILES string of the molecule is Cc1ocnc1CN1CCN(C(=O)Cc2cccc(O)c2)CC1. The highest BCUT2D eigenvalue weighted by atomic mass is 16.3. The second kappa shape index (κ2) is 6.83. The molecule has 1 amide bonds. The first kappa shape index (κ1) is 15.6. The van der Waals surface area contributed by atoms with Gasteiger partial charge in [0.15, 0.2) is 6.39 Å². The molecule has 0 spiro atoms. The van der Waals surface area contributed by atoms with Crippen molar-refractivity contribution in [1.29, 1.82) is 0 Å². The van der Waals surface area contributed by atoms with Gasteiger partial charge in [-0.1, -0.05) is 12.1 Å². The molecule has 2 heterocycles. The molecule has 3 rings (SSSR count). The number of phenols is 1. The van der Waals surface area contributed by atoms with E-state index in [1.807, 2.05) is 17.9 Å². The minimum absolute atomic E-state index is 0.105. The lowest BCUT2D eigenvalue weighted by Gasteiger charge is -2.34. The van der Waals surface area contributed by atoms with Crippen molar-refractivity contribution in [3.8, 4) is 5.75 Å². The second-order valence-corrected chi connectivity index (χ2v) is 5.86. The minimum Gasteiger partial charge on any atom is -0.508 e. The highest BCUT2D eigenvalue weighted by Crippen LogP contribution is 2.14. The van der Waals surface area contributed by atoms with Crippen molar-refractivity contribution >= 4 is 5.91 Å². The van der Waals surface area contributed by atoms with Crippen LogP contribution in [0.1, 0.15) is 17.0 Å². The molecule has 0 unspecified atom stereocenters. The number of carbonyl (C=O) groups excluding carboxylic acids is 1. The summed E-state index contributed by atoms with van der Waals surface area (Å²) < 4.78 is 5.22. The quantitative estimate of drug-likeness (QED) is 0.927. The number of hydrogen-bond acceptors (Lipinski definition) is 5. The number of aryl methyl sites for hydroxylation is 1. The third-order valence-electron chi connectivity index (χ3n) is 4.21. The summed E-state index contributed by atoms with van der Waals surface area (Å²) in [5, 5.41) is 9.47. The largest absolute Gasteiger partial charge is 0.508 e. The molecule has 1 aromatic heterocycles. The summed E-state index contributed by atoms with van der Waals surface area (Å²) in [5.74, 6) is 1.16. The van der Waals surface area contributed by atoms with E-state index in [0.29, 0.717) is 19.5 Å². The Balaban J connectivity index is 1.50. The molecule has 122 valence electrons. The van der Waals surface area contributed by atoms with E-state index in [-0.39, 0.29) is 11.7 Å². The van der Waals surface area contributed by atoms with Gasteiger partial charge in [0, 0.05) is 32.7 Å². The smallest absolute Gasteiger partial charge is 0.227 e. The van der Waals surface area contributed by atoms with Crippen LogP contribution >= 0.6 is 0 Å². The lowest BCUT2D eigenvalue weighted by atomic mass is 10.1. The summed E-state index contributed by atoms with van der Waals surface area (Å²) in [6, 6.07) is 6.87. The van der Waals surface area contributed by atoms with Gasteiger partial charge in [-0.3, -0.25) is 9.69 Å². The molecule has 2 aromatic rings. The monoisotopic (exact) mass is 315 g/mol. The van der Waals surface area contributed by atoms with Gasteiger partial charge < -0.3 is 14.4 Å². The van der Waals surface area contributed by atoms with E-state index >= 15 is 0 Å². The van der Waals surface area contributed by atoms with E-state index in [2.05, 4.69) is 9.88 Å². The first-order valence-corrected chi connectivity index (χ1v) is 7.79. The van der Waals surface area contributed by atoms with Gasteiger partial charge in [0.1, 0.15) is 11.5 Å². The molecule has 0 atom stereocenters. The van der Waals surface area contributed by atoms with Crippen LogP contribution in [0.15, 0.2) is 35.1 Å². The zero-order chi connectivity index (χ0) is 16.2. The van der Waals surface area contributed by atoms with Gasteiger partial charge in [0.25, 0.3) is 0 Å². The number of carbonyl (C=O) groups is 1. The molecule has 0 bridgehead atoms. The summed E-state index contributed by atoms with van der Waals surface area (Å²) in [6.07, 6.45) is 1.80. The van der Waals surface area contributed by atoms with E-state index in [9.17, 15) is 9.90 Å². The normalized spacial score (nSPS) is 15.8. The Bertz CT molecular complexity index is 675. The third kappa shape index (κ3) is 3.90. The van der Waals surface area contributed by atoms with Crippen molar-refractivity contribution in [2.45, 2.75) is 19.9 Å². The second-order valence-electron chi connectivity index (χ2n) is 5.86. The summed E-state index contributed by atoms with van der Waals surface area (Å²) in [6.45, 7) is 5.77. The van der Waals surface area contributed by atoms with Crippen molar-refractivity contribution < 1.29 is 14.3 Å². The number of nitrogens with zero attached hydrogens (tertiary/aromatic N) is 3. The molecule has 23 heavy (non-hydrogen) atoms. The number of amides is 1. The third-order valence-corrected chi connectivity index (χ3v) is 4.21. The Morgan fingerprint density at radius 1 is 1.30 bits per heavy atom. The molecule has 0 radical (unpaired) electrons. The van der Waals surface area contributed by atoms with Crippen LogP contribution in [0.3, 0.4) is 0 Å². The van der Waals surface area contributed by atoms with Crippen molar-refractivity contribution in [1.82, 2.24) is 14.8 Å². The van der Waals surface area contributed by atoms with Gasteiger partial charge in [-0.05, 0) is 24.6 Å². The molecule has 1 aliphatic heterocycles. The molecule has 1 N–H and O–H groups in total. The highest BCUT2D eigenvalue weighted by molar-refractivity contribution is 5.79. The number of aromatic nitrogens is 1. The fourth-order valence-electron chi connectivity index (χ4n) is 2.80. The maximum absolute atomic E-state index is 12.4. The fourth-order valence-corrected chi connectivity index (χ4v) is 2.80. The van der Waals surface area contributed by atoms with Crippen LogP contribution in [-0.4, -0.2) is 52.0 Å². The number of hydrogen-bond donors (Lipinski definition) is 1. The van der Waals surface area contributed by atoms with Crippen LogP contribution < -0.4 is 0 Å². The lowest BCUT2D eigenvalue weighted by Crippen LogP contribution is -2.48. The number of benzene rings is 1. The Labute approximate surface area is 135 Å². The summed E-state index contributed by atoms with van der Waals surface area (Å²) >= 11 is 0. The summed E-state index contributed by atoms with van der Waals surface area (Å²) in [5.41, 5.74) is 1.81.